The summed E-state index contributed by atoms with van der Waals surface area (Å²) in [7, 11) is 0. The molecule has 0 atom stereocenters. The van der Waals surface area contributed by atoms with E-state index in [0.29, 0.717) is 10.9 Å². The van der Waals surface area contributed by atoms with Crippen LogP contribution in [0.2, 0.25) is 0 Å². The molecular formula is C15H19NO2Se. The fourth-order valence-corrected chi connectivity index (χ4v) is 3.12. The van der Waals surface area contributed by atoms with Crippen molar-refractivity contribution in [3.63, 3.8) is 0 Å². The van der Waals surface area contributed by atoms with Crippen LogP contribution in [-0.2, 0) is 5.32 Å². The summed E-state index contributed by atoms with van der Waals surface area (Å²) in [4.78, 5) is 14.2. The van der Waals surface area contributed by atoms with Gasteiger partial charge in [0.15, 0.2) is 0 Å². The Hall–Kier alpha value is -1.25. The number of nitrogens with zero attached hydrogens (tertiary/aromatic N) is 1. The van der Waals surface area contributed by atoms with Crippen molar-refractivity contribution in [1.29, 1.82) is 0 Å². The first kappa shape index (κ1) is 14.2. The van der Waals surface area contributed by atoms with Crippen LogP contribution in [0.1, 0.15) is 25.0 Å². The maximum absolute atomic E-state index is 11.9. The van der Waals surface area contributed by atoms with Crippen LogP contribution in [-0.4, -0.2) is 29.1 Å². The van der Waals surface area contributed by atoms with Crippen molar-refractivity contribution in [3.8, 4) is 0 Å². The molecule has 0 spiro atoms. The molecule has 0 N–H and O–H groups in total. The monoisotopic (exact) mass is 325 g/mol. The number of rotatable bonds is 4. The molecule has 2 rings (SSSR count). The molecule has 0 saturated heterocycles. The summed E-state index contributed by atoms with van der Waals surface area (Å²) in [6, 6.07) is 6.11. The normalized spacial score (nSPS) is 10.9. The van der Waals surface area contributed by atoms with Crippen molar-refractivity contribution in [2.75, 3.05) is 18.0 Å². The third-order valence-electron chi connectivity index (χ3n) is 3.56. The first-order chi connectivity index (χ1) is 9.12. The maximum atomic E-state index is 11.9. The Morgan fingerprint density at radius 3 is 2.53 bits per heavy atom. The van der Waals surface area contributed by atoms with Gasteiger partial charge in [0.05, 0.1) is 0 Å². The fourth-order valence-electron chi connectivity index (χ4n) is 2.35. The average molecular weight is 324 g/mol. The molecule has 4 heteroatoms. The van der Waals surface area contributed by atoms with Crippen LogP contribution in [0.4, 0.5) is 5.69 Å². The van der Waals surface area contributed by atoms with Crippen LogP contribution in [0.25, 0.3) is 11.0 Å². The van der Waals surface area contributed by atoms with Crippen LogP contribution < -0.4 is 10.5 Å². The Labute approximate surface area is 121 Å². The van der Waals surface area contributed by atoms with Crippen LogP contribution in [0.3, 0.4) is 0 Å². The van der Waals surface area contributed by atoms with Crippen LogP contribution >= 0.6 is 0 Å². The van der Waals surface area contributed by atoms with E-state index >= 15 is 0 Å². The van der Waals surface area contributed by atoms with E-state index in [9.17, 15) is 4.79 Å². The number of aryl methyl sites for hydroxylation is 1. The molecule has 0 aliphatic carbocycles. The number of fused-ring (bicyclic) bond motifs is 1. The molecule has 2 aromatic rings. The molecule has 0 aliphatic rings. The van der Waals surface area contributed by atoms with Gasteiger partial charge in [-0.25, -0.2) is 0 Å². The van der Waals surface area contributed by atoms with Crippen LogP contribution in [0, 0.1) is 6.92 Å². The standard InChI is InChI=1S/C15H19NO2Se/c1-4-16(5-2)11-6-7-12-10(3)13(9-19)15(17)18-14(12)8-11/h6-8,19H,4-5,9H2,1-3H3. The number of benzene rings is 1. The first-order valence-corrected chi connectivity index (χ1v) is 7.87. The fraction of sp³-hybridized carbons (Fsp3) is 0.400. The molecule has 0 saturated carbocycles. The Morgan fingerprint density at radius 1 is 1.26 bits per heavy atom. The van der Waals surface area contributed by atoms with E-state index < -0.39 is 0 Å². The van der Waals surface area contributed by atoms with E-state index in [4.69, 9.17) is 4.42 Å². The molecule has 19 heavy (non-hydrogen) atoms. The molecule has 0 amide bonds. The van der Waals surface area contributed by atoms with Crippen molar-refractivity contribution in [2.24, 2.45) is 0 Å². The zero-order valence-electron chi connectivity index (χ0n) is 11.6. The van der Waals surface area contributed by atoms with Gasteiger partial charge in [0, 0.05) is 0 Å². The Bertz CT molecular complexity index is 644. The van der Waals surface area contributed by atoms with Crippen molar-refractivity contribution in [2.45, 2.75) is 26.1 Å². The number of hydrogen-bond acceptors (Lipinski definition) is 3. The van der Waals surface area contributed by atoms with Gasteiger partial charge in [-0.3, -0.25) is 0 Å². The first-order valence-electron chi connectivity index (χ1n) is 6.54. The molecule has 0 fully saturated rings. The minimum atomic E-state index is -0.220. The van der Waals surface area contributed by atoms with Crippen molar-refractivity contribution < 1.29 is 4.42 Å². The van der Waals surface area contributed by atoms with Crippen LogP contribution in [0.15, 0.2) is 27.4 Å². The zero-order chi connectivity index (χ0) is 14.0. The molecule has 0 aliphatic heterocycles. The molecule has 1 aromatic carbocycles. The molecule has 102 valence electrons. The Kier molecular flexibility index (Phi) is 4.33. The number of hydrogen-bond donors (Lipinski definition) is 0. The molecule has 1 aromatic heterocycles. The summed E-state index contributed by atoms with van der Waals surface area (Å²) >= 11 is 2.43. The van der Waals surface area contributed by atoms with Gasteiger partial charge in [0.2, 0.25) is 0 Å². The second kappa shape index (κ2) is 5.81. The summed E-state index contributed by atoms with van der Waals surface area (Å²) in [6.45, 7) is 8.10. The predicted molar refractivity (Wildman–Crippen MR) is 81.6 cm³/mol. The van der Waals surface area contributed by atoms with Gasteiger partial charge in [-0.15, -0.1) is 0 Å². The molecular weight excluding hydrogens is 305 g/mol. The second-order valence-corrected chi connectivity index (χ2v) is 5.17. The quantitative estimate of drug-likeness (QED) is 0.639. The van der Waals surface area contributed by atoms with E-state index in [-0.39, 0.29) is 5.63 Å². The SMILES string of the molecule is CCN(CC)c1ccc2c(C)c(C[SeH])c(=O)oc2c1. The van der Waals surface area contributed by atoms with E-state index in [2.05, 4.69) is 40.8 Å². The van der Waals surface area contributed by atoms with Crippen molar-refractivity contribution in [3.05, 3.63) is 39.7 Å². The Balaban J connectivity index is 2.65. The van der Waals surface area contributed by atoms with Gasteiger partial charge in [-0.2, -0.15) is 0 Å². The summed E-state index contributed by atoms with van der Waals surface area (Å²) in [6.07, 6.45) is 0. The van der Waals surface area contributed by atoms with Crippen LogP contribution in [0.5, 0.6) is 0 Å². The Morgan fingerprint density at radius 2 is 1.95 bits per heavy atom. The van der Waals surface area contributed by atoms with Gasteiger partial charge in [0.25, 0.3) is 0 Å². The van der Waals surface area contributed by atoms with E-state index in [1.54, 1.807) is 0 Å². The summed E-state index contributed by atoms with van der Waals surface area (Å²) < 4.78 is 5.45. The van der Waals surface area contributed by atoms with E-state index in [0.717, 1.165) is 35.3 Å². The van der Waals surface area contributed by atoms with Gasteiger partial charge in [-0.1, -0.05) is 0 Å². The molecule has 1 heterocycles. The third kappa shape index (κ3) is 2.56. The molecule has 0 radical (unpaired) electrons. The van der Waals surface area contributed by atoms with Gasteiger partial charge in [0.1, 0.15) is 0 Å². The average Bonchev–Trinajstić information content (AvgIpc) is 2.40. The summed E-state index contributed by atoms with van der Waals surface area (Å²) in [5, 5.41) is 1.67. The summed E-state index contributed by atoms with van der Waals surface area (Å²) in [5.74, 6) is 0. The molecule has 0 unspecified atom stereocenters. The predicted octanol–water partition coefficient (Wildman–Crippen LogP) is 2.35. The topological polar surface area (TPSA) is 33.5 Å². The van der Waals surface area contributed by atoms with Gasteiger partial charge >= 0.3 is 121 Å². The minimum absolute atomic E-state index is 0.220. The van der Waals surface area contributed by atoms with Gasteiger partial charge < -0.3 is 0 Å². The van der Waals surface area contributed by atoms with E-state index in [1.807, 2.05) is 19.1 Å². The van der Waals surface area contributed by atoms with Crippen molar-refractivity contribution in [1.82, 2.24) is 0 Å². The summed E-state index contributed by atoms with van der Waals surface area (Å²) in [5.41, 5.74) is 3.33. The van der Waals surface area contributed by atoms with Gasteiger partial charge in [-0.05, 0) is 0 Å². The van der Waals surface area contributed by atoms with Crippen molar-refractivity contribution >= 4 is 32.7 Å². The second-order valence-electron chi connectivity index (χ2n) is 4.50. The number of anilines is 1. The third-order valence-corrected chi connectivity index (χ3v) is 4.22. The zero-order valence-corrected chi connectivity index (χ0v) is 13.4. The van der Waals surface area contributed by atoms with E-state index in [1.165, 1.54) is 0 Å². The molecule has 0 bridgehead atoms. The molecule has 3 nitrogen and oxygen atoms in total.